The Balaban J connectivity index is 1.92. The van der Waals surface area contributed by atoms with Crippen molar-refractivity contribution in [3.05, 3.63) is 58.1 Å². The Kier molecular flexibility index (Phi) is 6.17. The van der Waals surface area contributed by atoms with Crippen molar-refractivity contribution in [1.82, 2.24) is 5.43 Å². The van der Waals surface area contributed by atoms with Gasteiger partial charge in [-0.15, -0.1) is 0 Å². The van der Waals surface area contributed by atoms with Crippen LogP contribution in [0.5, 0.6) is 5.75 Å². The number of urea groups is 1. The fourth-order valence-corrected chi connectivity index (χ4v) is 2.41. The largest absolute Gasteiger partial charge is 0.493 e. The van der Waals surface area contributed by atoms with Crippen molar-refractivity contribution in [3.63, 3.8) is 0 Å². The molecule has 2 N–H and O–H groups in total. The zero-order valence-electron chi connectivity index (χ0n) is 13.0. The van der Waals surface area contributed by atoms with Gasteiger partial charge in [0.1, 0.15) is 5.75 Å². The number of para-hydroxylation sites is 1. The molecule has 6 heteroatoms. The van der Waals surface area contributed by atoms with Gasteiger partial charge in [0.2, 0.25) is 0 Å². The molecule has 0 unspecified atom stereocenters. The minimum Gasteiger partial charge on any atom is -0.493 e. The van der Waals surface area contributed by atoms with Crippen LogP contribution < -0.4 is 15.5 Å². The lowest BCUT2D eigenvalue weighted by atomic mass is 10.2. The third kappa shape index (κ3) is 5.10. The van der Waals surface area contributed by atoms with Gasteiger partial charge in [0.15, 0.2) is 0 Å². The zero-order valence-corrected chi connectivity index (χ0v) is 14.6. The summed E-state index contributed by atoms with van der Waals surface area (Å²) >= 11 is 3.43. The van der Waals surface area contributed by atoms with E-state index >= 15 is 0 Å². The number of benzene rings is 2. The Morgan fingerprint density at radius 2 is 2.09 bits per heavy atom. The lowest BCUT2D eigenvalue weighted by molar-refractivity contribution is 0.252. The molecule has 2 amide bonds. The molecule has 0 spiro atoms. The highest BCUT2D eigenvalue weighted by molar-refractivity contribution is 9.10. The van der Waals surface area contributed by atoms with Crippen molar-refractivity contribution in [3.8, 4) is 5.75 Å². The van der Waals surface area contributed by atoms with Crippen molar-refractivity contribution in [1.29, 1.82) is 0 Å². The summed E-state index contributed by atoms with van der Waals surface area (Å²) in [4.78, 5) is 11.8. The first kappa shape index (κ1) is 17.0. The average molecular weight is 376 g/mol. The maximum absolute atomic E-state index is 11.8. The molecular formula is C17H18BrN3O2. The number of hydrazone groups is 1. The Hall–Kier alpha value is -2.34. The summed E-state index contributed by atoms with van der Waals surface area (Å²) in [5, 5.41) is 6.68. The predicted octanol–water partition coefficient (Wildman–Crippen LogP) is 4.31. The van der Waals surface area contributed by atoms with Gasteiger partial charge in [-0.1, -0.05) is 18.2 Å². The summed E-state index contributed by atoms with van der Waals surface area (Å²) < 4.78 is 6.28. The molecule has 0 aliphatic heterocycles. The van der Waals surface area contributed by atoms with Gasteiger partial charge >= 0.3 is 6.03 Å². The molecule has 2 aromatic rings. The number of nitrogens with one attached hydrogen (secondary N) is 2. The molecule has 0 saturated carbocycles. The Morgan fingerprint density at radius 1 is 1.30 bits per heavy atom. The van der Waals surface area contributed by atoms with E-state index in [1.54, 1.807) is 6.21 Å². The molecule has 2 rings (SSSR count). The second-order valence-electron chi connectivity index (χ2n) is 4.76. The number of hydrogen-bond donors (Lipinski definition) is 2. The third-order valence-electron chi connectivity index (χ3n) is 3.03. The first-order valence-electron chi connectivity index (χ1n) is 7.18. The van der Waals surface area contributed by atoms with E-state index in [0.29, 0.717) is 6.61 Å². The molecule has 5 nitrogen and oxygen atoms in total. The van der Waals surface area contributed by atoms with Gasteiger partial charge in [0, 0.05) is 5.69 Å². The van der Waals surface area contributed by atoms with Crippen LogP contribution in [0.15, 0.2) is 52.0 Å². The van der Waals surface area contributed by atoms with Crippen LogP contribution in [-0.2, 0) is 0 Å². The summed E-state index contributed by atoms with van der Waals surface area (Å²) in [6.07, 6.45) is 1.57. The van der Waals surface area contributed by atoms with Crippen molar-refractivity contribution >= 4 is 33.9 Å². The smallest absolute Gasteiger partial charge is 0.339 e. The topological polar surface area (TPSA) is 62.7 Å². The van der Waals surface area contributed by atoms with Crippen LogP contribution in [0.1, 0.15) is 18.1 Å². The van der Waals surface area contributed by atoms with Gasteiger partial charge < -0.3 is 10.1 Å². The van der Waals surface area contributed by atoms with Crippen LogP contribution in [0.3, 0.4) is 0 Å². The number of ether oxygens (including phenoxy) is 1. The summed E-state index contributed by atoms with van der Waals surface area (Å²) in [6, 6.07) is 12.7. The van der Waals surface area contributed by atoms with Crippen LogP contribution in [-0.4, -0.2) is 18.9 Å². The van der Waals surface area contributed by atoms with Crippen LogP contribution in [0.2, 0.25) is 0 Å². The van der Waals surface area contributed by atoms with E-state index in [2.05, 4.69) is 31.8 Å². The molecule has 0 atom stereocenters. The molecule has 0 radical (unpaired) electrons. The van der Waals surface area contributed by atoms with E-state index < -0.39 is 0 Å². The van der Waals surface area contributed by atoms with E-state index in [-0.39, 0.29) is 6.03 Å². The summed E-state index contributed by atoms with van der Waals surface area (Å²) in [6.45, 7) is 4.46. The Bertz CT molecular complexity index is 717. The molecule has 0 heterocycles. The summed E-state index contributed by atoms with van der Waals surface area (Å²) in [5.74, 6) is 0.773. The van der Waals surface area contributed by atoms with Gasteiger partial charge in [0.05, 0.1) is 17.3 Å². The standard InChI is InChI=1S/C17H18BrN3O2/c1-3-23-16-9-8-13(10-14(16)18)11-19-21-17(22)20-15-7-5-4-6-12(15)2/h4-11H,3H2,1-2H3,(H2,20,21,22). The molecule has 2 aromatic carbocycles. The number of nitrogens with zero attached hydrogens (tertiary/aromatic N) is 1. The summed E-state index contributed by atoms with van der Waals surface area (Å²) in [7, 11) is 0. The third-order valence-corrected chi connectivity index (χ3v) is 3.65. The molecule has 0 fully saturated rings. The van der Waals surface area contributed by atoms with Crippen molar-refractivity contribution in [2.45, 2.75) is 13.8 Å². The number of rotatable bonds is 5. The van der Waals surface area contributed by atoms with Crippen LogP contribution in [0, 0.1) is 6.92 Å². The lowest BCUT2D eigenvalue weighted by Gasteiger charge is -2.07. The van der Waals surface area contributed by atoms with E-state index in [1.807, 2.05) is 56.3 Å². The monoisotopic (exact) mass is 375 g/mol. The van der Waals surface area contributed by atoms with Gasteiger partial charge in [-0.25, -0.2) is 10.2 Å². The number of carbonyl (C=O) groups is 1. The first-order chi connectivity index (χ1) is 11.1. The van der Waals surface area contributed by atoms with Crippen molar-refractivity contribution < 1.29 is 9.53 Å². The summed E-state index contributed by atoms with van der Waals surface area (Å²) in [5.41, 5.74) is 5.02. The number of hydrogen-bond acceptors (Lipinski definition) is 3. The van der Waals surface area contributed by atoms with Gasteiger partial charge in [0.25, 0.3) is 0 Å². The zero-order chi connectivity index (χ0) is 16.7. The molecule has 23 heavy (non-hydrogen) atoms. The fraction of sp³-hybridized carbons (Fsp3) is 0.176. The van der Waals surface area contributed by atoms with Gasteiger partial charge in [-0.3, -0.25) is 0 Å². The van der Waals surface area contributed by atoms with Gasteiger partial charge in [-0.05, 0) is 65.2 Å². The Labute approximate surface area is 143 Å². The Morgan fingerprint density at radius 3 is 2.78 bits per heavy atom. The number of halogens is 1. The van der Waals surface area contributed by atoms with E-state index in [4.69, 9.17) is 4.74 Å². The van der Waals surface area contributed by atoms with E-state index in [9.17, 15) is 4.79 Å². The SMILES string of the molecule is CCOc1ccc(C=NNC(=O)Nc2ccccc2C)cc1Br. The molecular weight excluding hydrogens is 358 g/mol. The number of aryl methyl sites for hydroxylation is 1. The van der Waals surface area contributed by atoms with E-state index in [0.717, 1.165) is 27.0 Å². The minimum absolute atomic E-state index is 0.388. The number of anilines is 1. The molecule has 0 aromatic heterocycles. The molecule has 0 saturated heterocycles. The highest BCUT2D eigenvalue weighted by atomic mass is 79.9. The molecule has 0 aliphatic rings. The number of carbonyl (C=O) groups excluding carboxylic acids is 1. The van der Waals surface area contributed by atoms with Crippen LogP contribution in [0.4, 0.5) is 10.5 Å². The lowest BCUT2D eigenvalue weighted by Crippen LogP contribution is -2.24. The fourth-order valence-electron chi connectivity index (χ4n) is 1.90. The second-order valence-corrected chi connectivity index (χ2v) is 5.62. The highest BCUT2D eigenvalue weighted by Gasteiger charge is 2.03. The molecule has 0 aliphatic carbocycles. The van der Waals surface area contributed by atoms with Crippen molar-refractivity contribution in [2.75, 3.05) is 11.9 Å². The quantitative estimate of drug-likeness (QED) is 0.603. The van der Waals surface area contributed by atoms with Gasteiger partial charge in [-0.2, -0.15) is 5.10 Å². The number of amides is 2. The predicted molar refractivity (Wildman–Crippen MR) is 96.2 cm³/mol. The molecule has 0 bridgehead atoms. The second kappa shape index (κ2) is 8.33. The normalized spacial score (nSPS) is 10.6. The van der Waals surface area contributed by atoms with Crippen LogP contribution >= 0.6 is 15.9 Å². The highest BCUT2D eigenvalue weighted by Crippen LogP contribution is 2.25. The maximum atomic E-state index is 11.8. The average Bonchev–Trinajstić information content (AvgIpc) is 2.52. The van der Waals surface area contributed by atoms with E-state index in [1.165, 1.54) is 0 Å². The van der Waals surface area contributed by atoms with Crippen molar-refractivity contribution in [2.24, 2.45) is 5.10 Å². The first-order valence-corrected chi connectivity index (χ1v) is 7.97. The maximum Gasteiger partial charge on any atom is 0.339 e. The minimum atomic E-state index is -0.388. The van der Waals surface area contributed by atoms with Crippen LogP contribution in [0.25, 0.3) is 0 Å². The molecule has 120 valence electrons.